The molecule has 0 spiro atoms. The topological polar surface area (TPSA) is 86.3 Å². The second kappa shape index (κ2) is 4.75. The minimum Gasteiger partial charge on any atom is -0.479 e. The van der Waals surface area contributed by atoms with Gasteiger partial charge in [0.15, 0.2) is 6.04 Å². The van der Waals surface area contributed by atoms with Crippen molar-refractivity contribution >= 4 is 23.1 Å². The fraction of sp³-hybridized carbons (Fsp3) is 0.308. The molecular formula is C13H13N3O3S. The molecule has 20 heavy (non-hydrogen) atoms. The number of H-pyrrole nitrogens is 1. The van der Waals surface area contributed by atoms with E-state index in [9.17, 15) is 14.7 Å². The molecule has 1 unspecified atom stereocenters. The summed E-state index contributed by atoms with van der Waals surface area (Å²) in [5.41, 5.74) is 0.529. The first-order chi connectivity index (χ1) is 9.56. The summed E-state index contributed by atoms with van der Waals surface area (Å²) in [4.78, 5) is 32.8. The van der Waals surface area contributed by atoms with E-state index >= 15 is 0 Å². The summed E-state index contributed by atoms with van der Waals surface area (Å²) < 4.78 is 0. The van der Waals surface area contributed by atoms with Crippen molar-refractivity contribution in [3.05, 3.63) is 44.1 Å². The van der Waals surface area contributed by atoms with Crippen LogP contribution >= 0.6 is 11.3 Å². The van der Waals surface area contributed by atoms with Gasteiger partial charge in [-0.05, 0) is 30.4 Å². The Labute approximate surface area is 118 Å². The summed E-state index contributed by atoms with van der Waals surface area (Å²) in [5, 5.41) is 11.4. The van der Waals surface area contributed by atoms with E-state index in [1.165, 1.54) is 6.07 Å². The van der Waals surface area contributed by atoms with E-state index in [1.807, 2.05) is 11.4 Å². The molecule has 1 aliphatic rings. The highest BCUT2D eigenvalue weighted by molar-refractivity contribution is 7.10. The molecule has 2 aromatic rings. The van der Waals surface area contributed by atoms with Gasteiger partial charge in [-0.1, -0.05) is 0 Å². The molecule has 104 valence electrons. The first-order valence-electron chi connectivity index (χ1n) is 6.20. The van der Waals surface area contributed by atoms with Gasteiger partial charge in [0.25, 0.3) is 5.56 Å². The Morgan fingerprint density at radius 3 is 3.10 bits per heavy atom. The number of rotatable bonds is 2. The molecule has 1 atom stereocenters. The lowest BCUT2D eigenvalue weighted by Gasteiger charge is -2.34. The molecule has 7 heteroatoms. The fourth-order valence-corrected chi connectivity index (χ4v) is 3.44. The zero-order valence-electron chi connectivity index (χ0n) is 10.8. The summed E-state index contributed by atoms with van der Waals surface area (Å²) >= 11 is 1.57. The number of nitrogens with zero attached hydrogens (tertiary/aromatic N) is 2. The van der Waals surface area contributed by atoms with Crippen LogP contribution in [0.5, 0.6) is 0 Å². The van der Waals surface area contributed by atoms with Crippen LogP contribution in [0.15, 0.2) is 22.3 Å². The number of hydrogen-bond acceptors (Lipinski definition) is 5. The van der Waals surface area contributed by atoms with Crippen LogP contribution in [0.4, 0.5) is 5.82 Å². The van der Waals surface area contributed by atoms with Crippen molar-refractivity contribution in [2.24, 2.45) is 0 Å². The van der Waals surface area contributed by atoms with Crippen LogP contribution in [0, 0.1) is 6.92 Å². The van der Waals surface area contributed by atoms with Gasteiger partial charge in [-0.3, -0.25) is 4.79 Å². The van der Waals surface area contributed by atoms with E-state index in [0.717, 1.165) is 16.9 Å². The smallest absolute Gasteiger partial charge is 0.331 e. The number of aromatic amines is 1. The Kier molecular flexibility index (Phi) is 3.06. The largest absolute Gasteiger partial charge is 0.479 e. The number of fused-ring (bicyclic) bond motifs is 1. The Morgan fingerprint density at radius 2 is 2.40 bits per heavy atom. The standard InChI is InChI=1S/C13H13N3O3S/c1-7-14-10(6-11(17)15-7)16-4-2-9-8(3-5-20-9)12(16)13(18)19/h3,5-6,12H,2,4H2,1H3,(H,18,19)(H,14,15,17). The van der Waals surface area contributed by atoms with E-state index in [0.29, 0.717) is 18.2 Å². The Balaban J connectivity index is 2.09. The number of anilines is 1. The predicted octanol–water partition coefficient (Wildman–Crippen LogP) is 1.33. The molecule has 3 heterocycles. The normalized spacial score (nSPS) is 17.9. The molecule has 1 aliphatic heterocycles. The number of aliphatic carboxylic acids is 1. The van der Waals surface area contributed by atoms with E-state index < -0.39 is 12.0 Å². The fourth-order valence-electron chi connectivity index (χ4n) is 2.54. The van der Waals surface area contributed by atoms with Crippen molar-refractivity contribution in [1.29, 1.82) is 0 Å². The number of carboxylic acids is 1. The third kappa shape index (κ3) is 2.09. The average molecular weight is 291 g/mol. The van der Waals surface area contributed by atoms with Gasteiger partial charge >= 0.3 is 5.97 Å². The molecule has 0 saturated carbocycles. The lowest BCUT2D eigenvalue weighted by Crippen LogP contribution is -2.40. The Hall–Kier alpha value is -2.15. The number of carbonyl (C=O) groups is 1. The molecule has 0 radical (unpaired) electrons. The summed E-state index contributed by atoms with van der Waals surface area (Å²) in [6.07, 6.45) is 0.768. The monoisotopic (exact) mass is 291 g/mol. The summed E-state index contributed by atoms with van der Waals surface area (Å²) in [6.45, 7) is 2.22. The number of aromatic nitrogens is 2. The van der Waals surface area contributed by atoms with E-state index in [-0.39, 0.29) is 5.56 Å². The summed E-state index contributed by atoms with van der Waals surface area (Å²) in [5.74, 6) is -0.0349. The van der Waals surface area contributed by atoms with Crippen molar-refractivity contribution in [1.82, 2.24) is 9.97 Å². The van der Waals surface area contributed by atoms with Gasteiger partial charge in [-0.15, -0.1) is 11.3 Å². The van der Waals surface area contributed by atoms with Crippen LogP contribution in [-0.2, 0) is 11.2 Å². The van der Waals surface area contributed by atoms with Gasteiger partial charge in [0.1, 0.15) is 11.6 Å². The van der Waals surface area contributed by atoms with Gasteiger partial charge in [-0.2, -0.15) is 0 Å². The van der Waals surface area contributed by atoms with Crippen molar-refractivity contribution in [2.45, 2.75) is 19.4 Å². The van der Waals surface area contributed by atoms with Crippen LogP contribution < -0.4 is 10.5 Å². The number of carboxylic acid groups (broad SMARTS) is 1. The SMILES string of the molecule is Cc1nc(N2CCc3sccc3C2C(=O)O)cc(=O)[nH]1. The van der Waals surface area contributed by atoms with Crippen molar-refractivity contribution in [3.63, 3.8) is 0 Å². The Bertz CT molecular complexity index is 722. The number of aryl methyl sites for hydroxylation is 1. The molecule has 2 aromatic heterocycles. The molecule has 3 rings (SSSR count). The lowest BCUT2D eigenvalue weighted by atomic mass is 10.00. The first-order valence-corrected chi connectivity index (χ1v) is 7.08. The van der Waals surface area contributed by atoms with Crippen LogP contribution in [0.2, 0.25) is 0 Å². The molecule has 6 nitrogen and oxygen atoms in total. The third-order valence-corrected chi connectivity index (χ3v) is 4.34. The highest BCUT2D eigenvalue weighted by Crippen LogP contribution is 2.35. The predicted molar refractivity (Wildman–Crippen MR) is 75.3 cm³/mol. The maximum absolute atomic E-state index is 11.6. The van der Waals surface area contributed by atoms with E-state index in [4.69, 9.17) is 0 Å². The molecule has 0 aromatic carbocycles. The minimum absolute atomic E-state index is 0.271. The minimum atomic E-state index is -0.927. The molecule has 0 amide bonds. The number of hydrogen-bond donors (Lipinski definition) is 2. The number of nitrogens with one attached hydrogen (secondary N) is 1. The van der Waals surface area contributed by atoms with Gasteiger partial charge in [0, 0.05) is 17.5 Å². The quantitative estimate of drug-likeness (QED) is 0.871. The van der Waals surface area contributed by atoms with Crippen molar-refractivity contribution < 1.29 is 9.90 Å². The zero-order chi connectivity index (χ0) is 14.3. The Morgan fingerprint density at radius 1 is 1.60 bits per heavy atom. The molecule has 0 aliphatic carbocycles. The maximum Gasteiger partial charge on any atom is 0.331 e. The highest BCUT2D eigenvalue weighted by atomic mass is 32.1. The maximum atomic E-state index is 11.6. The van der Waals surface area contributed by atoms with E-state index in [1.54, 1.807) is 23.2 Å². The second-order valence-corrected chi connectivity index (χ2v) is 5.67. The first kappa shape index (κ1) is 12.9. The zero-order valence-corrected chi connectivity index (χ0v) is 11.6. The van der Waals surface area contributed by atoms with Crippen LogP contribution in [0.3, 0.4) is 0 Å². The van der Waals surface area contributed by atoms with Gasteiger partial charge < -0.3 is 15.0 Å². The summed E-state index contributed by atoms with van der Waals surface area (Å²) in [7, 11) is 0. The molecule has 2 N–H and O–H groups in total. The van der Waals surface area contributed by atoms with Gasteiger partial charge in [-0.25, -0.2) is 9.78 Å². The van der Waals surface area contributed by atoms with Crippen LogP contribution in [0.25, 0.3) is 0 Å². The molecular weight excluding hydrogens is 278 g/mol. The van der Waals surface area contributed by atoms with Crippen LogP contribution in [-0.4, -0.2) is 27.6 Å². The lowest BCUT2D eigenvalue weighted by molar-refractivity contribution is -0.138. The molecule has 0 fully saturated rings. The van der Waals surface area contributed by atoms with Crippen molar-refractivity contribution in [3.8, 4) is 0 Å². The summed E-state index contributed by atoms with van der Waals surface area (Å²) in [6, 6.07) is 2.41. The van der Waals surface area contributed by atoms with Gasteiger partial charge in [0.05, 0.1) is 0 Å². The highest BCUT2D eigenvalue weighted by Gasteiger charge is 2.34. The third-order valence-electron chi connectivity index (χ3n) is 3.34. The van der Waals surface area contributed by atoms with Crippen LogP contribution in [0.1, 0.15) is 22.3 Å². The second-order valence-electron chi connectivity index (χ2n) is 4.67. The molecule has 0 bridgehead atoms. The van der Waals surface area contributed by atoms with E-state index in [2.05, 4.69) is 9.97 Å². The van der Waals surface area contributed by atoms with Gasteiger partial charge in [0.2, 0.25) is 0 Å². The van der Waals surface area contributed by atoms with Crippen molar-refractivity contribution in [2.75, 3.05) is 11.4 Å². The molecule has 0 saturated heterocycles. The average Bonchev–Trinajstić information content (AvgIpc) is 2.83. The number of thiophene rings is 1.